The molecular formula is C25H38Cl2N4O6. The van der Waals surface area contributed by atoms with E-state index in [9.17, 15) is 24.0 Å². The first-order chi connectivity index (χ1) is 16.8. The summed E-state index contributed by atoms with van der Waals surface area (Å²) in [6, 6.07) is -3.20. The van der Waals surface area contributed by atoms with Crippen molar-refractivity contribution in [2.75, 3.05) is 6.54 Å². The molecule has 3 aliphatic rings. The highest BCUT2D eigenvalue weighted by atomic mass is 35.5. The third-order valence-corrected chi connectivity index (χ3v) is 8.39. The Balaban J connectivity index is 1.83. The van der Waals surface area contributed by atoms with Gasteiger partial charge in [-0.1, -0.05) is 40.0 Å². The van der Waals surface area contributed by atoms with Crippen molar-refractivity contribution in [2.24, 2.45) is 28.9 Å². The van der Waals surface area contributed by atoms with Gasteiger partial charge in [-0.15, -0.1) is 23.2 Å². The Morgan fingerprint density at radius 3 is 2.11 bits per heavy atom. The average molecular weight is 562 g/mol. The summed E-state index contributed by atoms with van der Waals surface area (Å²) in [5, 5.41) is 5.31. The number of alkyl halides is 2. The van der Waals surface area contributed by atoms with E-state index < -0.39 is 69.0 Å². The van der Waals surface area contributed by atoms with Crippen LogP contribution in [0.4, 0.5) is 4.79 Å². The lowest BCUT2D eigenvalue weighted by molar-refractivity contribution is -0.144. The molecule has 208 valence electrons. The second kappa shape index (κ2) is 10.2. The molecule has 1 aliphatic heterocycles. The first-order valence-electron chi connectivity index (χ1n) is 12.7. The van der Waals surface area contributed by atoms with Gasteiger partial charge in [0, 0.05) is 18.4 Å². The highest BCUT2D eigenvalue weighted by molar-refractivity contribution is 6.51. The summed E-state index contributed by atoms with van der Waals surface area (Å²) in [4.78, 5) is 65.4. The molecule has 2 aliphatic carbocycles. The summed E-state index contributed by atoms with van der Waals surface area (Å²) < 4.78 is 4.14. The van der Waals surface area contributed by atoms with E-state index in [4.69, 9.17) is 33.7 Å². The van der Waals surface area contributed by atoms with E-state index in [0.717, 1.165) is 19.3 Å². The number of nitrogens with one attached hydrogen (secondary N) is 2. The highest BCUT2D eigenvalue weighted by Gasteiger charge is 2.74. The fourth-order valence-electron chi connectivity index (χ4n) is 5.10. The van der Waals surface area contributed by atoms with E-state index in [2.05, 4.69) is 10.6 Å². The molecule has 0 aromatic rings. The lowest BCUT2D eigenvalue weighted by Crippen LogP contribution is -2.61. The number of carbonyl (C=O) groups excluding carboxylic acids is 5. The number of hydrogen-bond donors (Lipinski definition) is 3. The number of primary amides is 1. The van der Waals surface area contributed by atoms with E-state index in [-0.39, 0.29) is 18.4 Å². The van der Waals surface area contributed by atoms with E-state index in [0.29, 0.717) is 6.42 Å². The van der Waals surface area contributed by atoms with Crippen LogP contribution in [0.15, 0.2) is 0 Å². The third kappa shape index (κ3) is 6.50. The normalized spacial score (nSPS) is 26.3. The zero-order valence-electron chi connectivity index (χ0n) is 22.2. The highest BCUT2D eigenvalue weighted by Crippen LogP contribution is 2.65. The summed E-state index contributed by atoms with van der Waals surface area (Å²) in [7, 11) is 0. The van der Waals surface area contributed by atoms with Crippen LogP contribution in [-0.4, -0.2) is 69.1 Å². The number of amides is 4. The molecule has 4 amide bonds. The number of nitrogens with zero attached hydrogens (tertiary/aromatic N) is 1. The van der Waals surface area contributed by atoms with Crippen LogP contribution in [0.1, 0.15) is 67.2 Å². The fraction of sp³-hybridized carbons (Fsp3) is 0.800. The number of rotatable bonds is 8. The topological polar surface area (TPSA) is 148 Å². The minimum absolute atomic E-state index is 0.105. The number of fused-ring (bicyclic) bond motifs is 1. The van der Waals surface area contributed by atoms with Gasteiger partial charge in [-0.05, 0) is 38.5 Å². The zero-order valence-corrected chi connectivity index (χ0v) is 23.7. The molecule has 1 saturated heterocycles. The lowest BCUT2D eigenvalue weighted by Gasteiger charge is -2.37. The van der Waals surface area contributed by atoms with E-state index in [1.54, 1.807) is 41.5 Å². The Morgan fingerprint density at radius 1 is 1.05 bits per heavy atom. The number of Topliss-reactive ketones (excluding diaryl/α,β-unsaturated/α-hetero) is 1. The molecule has 5 atom stereocenters. The molecule has 3 unspecified atom stereocenters. The molecule has 3 fully saturated rings. The third-order valence-electron chi connectivity index (χ3n) is 7.33. The molecule has 0 aromatic carbocycles. The van der Waals surface area contributed by atoms with Crippen molar-refractivity contribution in [1.82, 2.24) is 15.5 Å². The molecule has 0 spiro atoms. The molecule has 10 nitrogen and oxygen atoms in total. The van der Waals surface area contributed by atoms with Crippen molar-refractivity contribution >= 4 is 52.8 Å². The van der Waals surface area contributed by atoms with Crippen LogP contribution in [0, 0.1) is 23.2 Å². The standard InChI is InChI=1S/C25H38Cl2N4O6/c1-23(2,3)18(30-22(36)37-24(4,5)6)21(35)31-11-13-15(25(13,26)27)16(31)20(34)29-14(17(32)19(28)33)10-12-8-7-9-12/h12-16,18H,7-11H2,1-6H3,(H2,28,33)(H,29,34)(H,30,36)/t13?,14?,15?,16-,18+/m0/s1. The molecule has 12 heteroatoms. The van der Waals surface area contributed by atoms with Gasteiger partial charge in [0.25, 0.3) is 5.91 Å². The summed E-state index contributed by atoms with van der Waals surface area (Å²) >= 11 is 12.9. The van der Waals surface area contributed by atoms with Crippen molar-refractivity contribution < 1.29 is 28.7 Å². The maximum Gasteiger partial charge on any atom is 0.408 e. The summed E-state index contributed by atoms with van der Waals surface area (Å²) in [6.45, 7) is 10.6. The van der Waals surface area contributed by atoms with E-state index >= 15 is 0 Å². The molecule has 0 radical (unpaired) electrons. The van der Waals surface area contributed by atoms with Crippen LogP contribution < -0.4 is 16.4 Å². The Labute approximate surface area is 227 Å². The Bertz CT molecular complexity index is 969. The Hall–Kier alpha value is -2.07. The number of ketones is 1. The summed E-state index contributed by atoms with van der Waals surface area (Å²) in [5.74, 6) is -3.85. The summed E-state index contributed by atoms with van der Waals surface area (Å²) in [5.41, 5.74) is 3.74. The van der Waals surface area contributed by atoms with Crippen LogP contribution in [0.3, 0.4) is 0 Å². The molecule has 1 heterocycles. The van der Waals surface area contributed by atoms with Crippen LogP contribution >= 0.6 is 23.2 Å². The predicted octanol–water partition coefficient (Wildman–Crippen LogP) is 2.29. The number of nitrogens with two attached hydrogens (primary N) is 1. The Kier molecular flexibility index (Phi) is 8.16. The monoisotopic (exact) mass is 560 g/mol. The Morgan fingerprint density at radius 2 is 1.65 bits per heavy atom. The number of alkyl carbamates (subject to hydrolysis) is 1. The largest absolute Gasteiger partial charge is 0.444 e. The van der Waals surface area contributed by atoms with Crippen LogP contribution in [0.25, 0.3) is 0 Å². The maximum absolute atomic E-state index is 13.8. The molecule has 37 heavy (non-hydrogen) atoms. The van der Waals surface area contributed by atoms with E-state index in [1.165, 1.54) is 4.90 Å². The van der Waals surface area contributed by atoms with Gasteiger partial charge in [-0.2, -0.15) is 0 Å². The van der Waals surface area contributed by atoms with Crippen molar-refractivity contribution in [3.05, 3.63) is 0 Å². The van der Waals surface area contributed by atoms with Crippen LogP contribution in [0.5, 0.6) is 0 Å². The number of carbonyl (C=O) groups is 5. The predicted molar refractivity (Wildman–Crippen MR) is 138 cm³/mol. The minimum atomic E-state index is -1.20. The lowest BCUT2D eigenvalue weighted by atomic mass is 9.80. The fourth-order valence-corrected chi connectivity index (χ4v) is 5.92. The molecule has 0 bridgehead atoms. The first kappa shape index (κ1) is 29.5. The maximum atomic E-state index is 13.8. The number of likely N-dealkylation sites (tertiary alicyclic amines) is 1. The number of ether oxygens (including phenoxy) is 1. The van der Waals surface area contributed by atoms with Gasteiger partial charge in [0.2, 0.25) is 17.6 Å². The second-order valence-electron chi connectivity index (χ2n) is 12.5. The smallest absolute Gasteiger partial charge is 0.408 e. The van der Waals surface area contributed by atoms with Crippen molar-refractivity contribution in [2.45, 2.75) is 95.3 Å². The molecule has 0 aromatic heterocycles. The second-order valence-corrected chi connectivity index (χ2v) is 14.0. The van der Waals surface area contributed by atoms with E-state index in [1.807, 2.05) is 0 Å². The van der Waals surface area contributed by atoms with Gasteiger partial charge >= 0.3 is 6.09 Å². The summed E-state index contributed by atoms with van der Waals surface area (Å²) in [6.07, 6.45) is 2.34. The zero-order chi connectivity index (χ0) is 28.1. The number of halogens is 2. The van der Waals surface area contributed by atoms with Gasteiger partial charge in [0.05, 0.1) is 6.04 Å². The van der Waals surface area contributed by atoms with Gasteiger partial charge in [0.15, 0.2) is 0 Å². The van der Waals surface area contributed by atoms with Gasteiger partial charge in [0.1, 0.15) is 22.0 Å². The van der Waals surface area contributed by atoms with Crippen molar-refractivity contribution in [3.8, 4) is 0 Å². The minimum Gasteiger partial charge on any atom is -0.444 e. The van der Waals surface area contributed by atoms with Crippen molar-refractivity contribution in [3.63, 3.8) is 0 Å². The number of hydrogen-bond acceptors (Lipinski definition) is 6. The molecule has 4 N–H and O–H groups in total. The molecule has 2 saturated carbocycles. The first-order valence-corrected chi connectivity index (χ1v) is 13.4. The quantitative estimate of drug-likeness (QED) is 0.306. The van der Waals surface area contributed by atoms with Gasteiger partial charge in [-0.3, -0.25) is 19.2 Å². The van der Waals surface area contributed by atoms with Gasteiger partial charge < -0.3 is 26.0 Å². The average Bonchev–Trinajstić information content (AvgIpc) is 3.06. The van der Waals surface area contributed by atoms with Crippen LogP contribution in [0.2, 0.25) is 0 Å². The molecular weight excluding hydrogens is 523 g/mol. The SMILES string of the molecule is CC(C)(C)OC(=O)N[C@H](C(=O)N1CC2C([C@H]1C(=O)NC(CC1CCC1)C(=O)C(N)=O)C2(Cl)Cl)C(C)(C)C. The van der Waals surface area contributed by atoms with Crippen LogP contribution in [-0.2, 0) is 23.9 Å². The molecule has 3 rings (SSSR count). The van der Waals surface area contributed by atoms with Gasteiger partial charge in [-0.25, -0.2) is 4.79 Å². The van der Waals surface area contributed by atoms with Crippen molar-refractivity contribution in [1.29, 1.82) is 0 Å². The number of piperidine rings is 1.